The van der Waals surface area contributed by atoms with Crippen molar-refractivity contribution in [1.29, 1.82) is 0 Å². The first-order valence-corrected chi connectivity index (χ1v) is 10.3. The van der Waals surface area contributed by atoms with Crippen molar-refractivity contribution >= 4 is 34.8 Å². The molecule has 2 aromatic rings. The maximum atomic E-state index is 12.5. The number of anilines is 3. The van der Waals surface area contributed by atoms with E-state index in [4.69, 9.17) is 0 Å². The second kappa shape index (κ2) is 10.4. The molecule has 0 spiro atoms. The highest BCUT2D eigenvalue weighted by molar-refractivity contribution is 5.98. The monoisotopic (exact) mass is 408 g/mol. The van der Waals surface area contributed by atoms with E-state index in [1.807, 2.05) is 0 Å². The summed E-state index contributed by atoms with van der Waals surface area (Å²) >= 11 is 0. The van der Waals surface area contributed by atoms with Crippen molar-refractivity contribution in [3.63, 3.8) is 0 Å². The number of rotatable bonds is 7. The van der Waals surface area contributed by atoms with Crippen molar-refractivity contribution < 1.29 is 14.4 Å². The predicted molar refractivity (Wildman–Crippen MR) is 119 cm³/mol. The number of hydrogen-bond acceptors (Lipinski definition) is 4. The molecule has 1 fully saturated rings. The van der Waals surface area contributed by atoms with Crippen LogP contribution in [0.1, 0.15) is 49.4 Å². The Hall–Kier alpha value is -3.35. The van der Waals surface area contributed by atoms with E-state index in [0.717, 1.165) is 31.4 Å². The van der Waals surface area contributed by atoms with E-state index >= 15 is 0 Å². The molecule has 3 rings (SSSR count). The van der Waals surface area contributed by atoms with Crippen LogP contribution in [0, 0.1) is 0 Å². The molecule has 7 nitrogen and oxygen atoms in total. The van der Waals surface area contributed by atoms with Gasteiger partial charge in [-0.2, -0.15) is 0 Å². The minimum absolute atomic E-state index is 0.0813. The Morgan fingerprint density at radius 3 is 2.27 bits per heavy atom. The highest BCUT2D eigenvalue weighted by Gasteiger charge is 2.17. The summed E-state index contributed by atoms with van der Waals surface area (Å²) in [6.07, 6.45) is 5.61. The summed E-state index contributed by atoms with van der Waals surface area (Å²) in [5.41, 5.74) is 2.58. The molecule has 0 unspecified atom stereocenters. The smallest absolute Gasteiger partial charge is 0.251 e. The lowest BCUT2D eigenvalue weighted by molar-refractivity contribution is -0.115. The Morgan fingerprint density at radius 2 is 1.57 bits per heavy atom. The van der Waals surface area contributed by atoms with Crippen molar-refractivity contribution in [3.8, 4) is 0 Å². The van der Waals surface area contributed by atoms with Gasteiger partial charge in [0.05, 0.1) is 6.54 Å². The second-order valence-electron chi connectivity index (χ2n) is 7.55. The third-order valence-corrected chi connectivity index (χ3v) is 5.01. The molecule has 0 atom stereocenters. The van der Waals surface area contributed by atoms with Gasteiger partial charge < -0.3 is 21.3 Å². The molecule has 0 radical (unpaired) electrons. The summed E-state index contributed by atoms with van der Waals surface area (Å²) in [4.78, 5) is 35.8. The van der Waals surface area contributed by atoms with Crippen LogP contribution in [0.2, 0.25) is 0 Å². The summed E-state index contributed by atoms with van der Waals surface area (Å²) in [6.45, 7) is 1.53. The van der Waals surface area contributed by atoms with Gasteiger partial charge in [0.25, 0.3) is 5.91 Å². The number of nitrogens with one attached hydrogen (secondary N) is 4. The molecule has 1 aliphatic carbocycles. The Bertz CT molecular complexity index is 890. The lowest BCUT2D eigenvalue weighted by Gasteiger charge is -2.22. The fourth-order valence-corrected chi connectivity index (χ4v) is 3.52. The quantitative estimate of drug-likeness (QED) is 0.561. The van der Waals surface area contributed by atoms with E-state index in [1.165, 1.54) is 13.3 Å². The zero-order valence-electron chi connectivity index (χ0n) is 17.2. The number of carbonyl (C=O) groups is 3. The molecule has 4 N–H and O–H groups in total. The topological polar surface area (TPSA) is 99.3 Å². The average Bonchev–Trinajstić information content (AvgIpc) is 2.74. The minimum Gasteiger partial charge on any atom is -0.376 e. The zero-order chi connectivity index (χ0) is 21.3. The van der Waals surface area contributed by atoms with E-state index in [1.54, 1.807) is 48.5 Å². The van der Waals surface area contributed by atoms with Gasteiger partial charge in [-0.3, -0.25) is 14.4 Å². The van der Waals surface area contributed by atoms with Crippen molar-refractivity contribution in [2.24, 2.45) is 0 Å². The third kappa shape index (κ3) is 6.62. The Morgan fingerprint density at radius 1 is 0.867 bits per heavy atom. The fourth-order valence-electron chi connectivity index (χ4n) is 3.52. The molecular formula is C23H28N4O3. The first-order chi connectivity index (χ1) is 14.5. The molecule has 0 saturated heterocycles. The maximum Gasteiger partial charge on any atom is 0.251 e. The molecule has 0 aromatic heterocycles. The summed E-state index contributed by atoms with van der Waals surface area (Å²) in [5, 5.41) is 11.6. The molecule has 0 heterocycles. The largest absolute Gasteiger partial charge is 0.376 e. The van der Waals surface area contributed by atoms with Gasteiger partial charge in [-0.05, 0) is 55.3 Å². The van der Waals surface area contributed by atoms with E-state index in [2.05, 4.69) is 21.3 Å². The highest BCUT2D eigenvalue weighted by atomic mass is 16.2. The fraction of sp³-hybridized carbons (Fsp3) is 0.348. The summed E-state index contributed by atoms with van der Waals surface area (Å²) in [7, 11) is 0. The molecule has 0 bridgehead atoms. The van der Waals surface area contributed by atoms with Crippen LogP contribution in [-0.4, -0.2) is 30.3 Å². The number of benzene rings is 2. The molecule has 158 valence electrons. The highest BCUT2D eigenvalue weighted by Crippen LogP contribution is 2.18. The van der Waals surface area contributed by atoms with Crippen LogP contribution >= 0.6 is 0 Å². The standard InChI is InChI=1S/C23H28N4O3/c1-16(28)25-20-12-10-18(11-13-20)24-15-22(29)26-21-9-5-6-17(14-21)23(30)27-19-7-3-2-4-8-19/h5-6,9-14,19,24H,2-4,7-8,15H2,1H3,(H,25,28)(H,26,29)(H,27,30). The molecule has 2 aromatic carbocycles. The van der Waals surface area contributed by atoms with Gasteiger partial charge in [-0.15, -0.1) is 0 Å². The number of amides is 3. The van der Waals surface area contributed by atoms with Gasteiger partial charge in [0.1, 0.15) is 0 Å². The third-order valence-electron chi connectivity index (χ3n) is 5.01. The van der Waals surface area contributed by atoms with Gasteiger partial charge in [0, 0.05) is 35.6 Å². The van der Waals surface area contributed by atoms with Gasteiger partial charge >= 0.3 is 0 Å². The molecular weight excluding hydrogens is 380 g/mol. The van der Waals surface area contributed by atoms with Crippen LogP contribution in [0.5, 0.6) is 0 Å². The average molecular weight is 409 g/mol. The SMILES string of the molecule is CC(=O)Nc1ccc(NCC(=O)Nc2cccc(C(=O)NC3CCCCC3)c2)cc1. The molecule has 3 amide bonds. The van der Waals surface area contributed by atoms with Gasteiger partial charge in [0.15, 0.2) is 0 Å². The Kier molecular flexibility index (Phi) is 7.43. The lowest BCUT2D eigenvalue weighted by atomic mass is 9.95. The number of carbonyl (C=O) groups excluding carboxylic acids is 3. The van der Waals surface area contributed by atoms with Crippen LogP contribution < -0.4 is 21.3 Å². The van der Waals surface area contributed by atoms with E-state index in [9.17, 15) is 14.4 Å². The second-order valence-corrected chi connectivity index (χ2v) is 7.55. The van der Waals surface area contributed by atoms with Gasteiger partial charge in [0.2, 0.25) is 11.8 Å². The number of hydrogen-bond donors (Lipinski definition) is 4. The van der Waals surface area contributed by atoms with E-state index in [0.29, 0.717) is 16.9 Å². The molecule has 7 heteroatoms. The Balaban J connectivity index is 1.49. The molecule has 0 aliphatic heterocycles. The minimum atomic E-state index is -0.217. The van der Waals surface area contributed by atoms with Gasteiger partial charge in [-0.1, -0.05) is 25.3 Å². The molecule has 30 heavy (non-hydrogen) atoms. The summed E-state index contributed by atoms with van der Waals surface area (Å²) in [6, 6.07) is 14.3. The maximum absolute atomic E-state index is 12.5. The summed E-state index contributed by atoms with van der Waals surface area (Å²) < 4.78 is 0. The Labute approximate surface area is 176 Å². The predicted octanol–water partition coefficient (Wildman–Crippen LogP) is 3.76. The first-order valence-electron chi connectivity index (χ1n) is 10.3. The molecule has 1 aliphatic rings. The first kappa shape index (κ1) is 21.4. The van der Waals surface area contributed by atoms with Crippen molar-refractivity contribution in [1.82, 2.24) is 5.32 Å². The van der Waals surface area contributed by atoms with Crippen molar-refractivity contribution in [2.75, 3.05) is 22.5 Å². The summed E-state index contributed by atoms with van der Waals surface area (Å²) in [5.74, 6) is -0.453. The van der Waals surface area contributed by atoms with Crippen LogP contribution in [0.15, 0.2) is 48.5 Å². The van der Waals surface area contributed by atoms with Crippen molar-refractivity contribution in [3.05, 3.63) is 54.1 Å². The van der Waals surface area contributed by atoms with E-state index < -0.39 is 0 Å². The zero-order valence-corrected chi connectivity index (χ0v) is 17.2. The van der Waals surface area contributed by atoms with Crippen LogP contribution in [0.25, 0.3) is 0 Å². The van der Waals surface area contributed by atoms with Crippen molar-refractivity contribution in [2.45, 2.75) is 45.1 Å². The van der Waals surface area contributed by atoms with E-state index in [-0.39, 0.29) is 30.3 Å². The van der Waals surface area contributed by atoms with Crippen LogP contribution in [0.4, 0.5) is 17.1 Å². The van der Waals surface area contributed by atoms with Crippen LogP contribution in [0.3, 0.4) is 0 Å². The van der Waals surface area contributed by atoms with Crippen LogP contribution in [-0.2, 0) is 9.59 Å². The normalized spacial score (nSPS) is 13.9. The lowest BCUT2D eigenvalue weighted by Crippen LogP contribution is -2.36. The van der Waals surface area contributed by atoms with Gasteiger partial charge in [-0.25, -0.2) is 0 Å². The molecule has 1 saturated carbocycles.